The number of ketones is 1. The Morgan fingerprint density at radius 3 is 1.48 bits per heavy atom. The highest BCUT2D eigenvalue weighted by Crippen LogP contribution is 2.25. The fourth-order valence-electron chi connectivity index (χ4n) is 8.12. The predicted molar refractivity (Wildman–Crippen MR) is 238 cm³/mol. The summed E-state index contributed by atoms with van der Waals surface area (Å²) in [6.45, 7) is 5.87. The minimum Gasteiger partial charge on any atom is -0.394 e. The maximum Gasteiger partial charge on any atom is 0.186 e. The molecule has 1 saturated heterocycles. The zero-order chi connectivity index (χ0) is 42.6. The monoisotopic (exact) mass is 827 g/mol. The molecule has 0 saturated carbocycles. The van der Waals surface area contributed by atoms with Crippen LogP contribution in [0.3, 0.4) is 0 Å². The van der Waals surface area contributed by atoms with E-state index in [1.165, 1.54) is 154 Å². The third-order valence-electron chi connectivity index (χ3n) is 12.6. The minimum absolute atomic E-state index is 0.294. The van der Waals surface area contributed by atoms with Gasteiger partial charge in [-0.05, 0) is 25.2 Å². The van der Waals surface area contributed by atoms with Crippen molar-refractivity contribution in [2.24, 2.45) is 11.8 Å². The number of carbonyl (C=O) groups is 1. The Labute approximate surface area is 356 Å². The quantitative estimate of drug-likeness (QED) is 0.0261. The van der Waals surface area contributed by atoms with Crippen molar-refractivity contribution in [1.29, 1.82) is 0 Å². The molecular formula is C49H94O9. The minimum atomic E-state index is -1.62. The molecule has 0 amide bonds. The number of aliphatic hydroxyl groups is 6. The van der Waals surface area contributed by atoms with Gasteiger partial charge in [0.05, 0.1) is 25.2 Å². The first kappa shape index (κ1) is 55.1. The number of hydrogen-bond acceptors (Lipinski definition) is 9. The average molecular weight is 827 g/mol. The predicted octanol–water partition coefficient (Wildman–Crippen LogP) is 10.4. The number of hydrogen-bond donors (Lipinski definition) is 6. The van der Waals surface area contributed by atoms with E-state index in [-0.39, 0.29) is 6.61 Å². The van der Waals surface area contributed by atoms with Gasteiger partial charge >= 0.3 is 0 Å². The molecule has 1 aliphatic rings. The van der Waals surface area contributed by atoms with Crippen molar-refractivity contribution in [1.82, 2.24) is 0 Å². The van der Waals surface area contributed by atoms with Crippen LogP contribution < -0.4 is 0 Å². The Morgan fingerprint density at radius 2 is 1.03 bits per heavy atom. The van der Waals surface area contributed by atoms with Gasteiger partial charge in [0, 0.05) is 0 Å². The van der Waals surface area contributed by atoms with Gasteiger partial charge in [0.15, 0.2) is 12.1 Å². The maximum absolute atomic E-state index is 13.5. The molecule has 0 aromatic heterocycles. The average Bonchev–Trinajstić information content (AvgIpc) is 3.22. The molecule has 0 aromatic carbocycles. The highest BCUT2D eigenvalue weighted by molar-refractivity contribution is 5.86. The zero-order valence-corrected chi connectivity index (χ0v) is 37.8. The molecule has 9 nitrogen and oxygen atoms in total. The highest BCUT2D eigenvalue weighted by atomic mass is 16.7. The van der Waals surface area contributed by atoms with Gasteiger partial charge in [-0.15, -0.1) is 0 Å². The summed E-state index contributed by atoms with van der Waals surface area (Å²) in [6.07, 6.45) is 32.7. The van der Waals surface area contributed by atoms with Gasteiger partial charge in [0.1, 0.15) is 30.5 Å². The molecule has 1 rings (SSSR count). The molecule has 0 aromatic rings. The van der Waals surface area contributed by atoms with Crippen LogP contribution in [0.15, 0.2) is 12.2 Å². The zero-order valence-electron chi connectivity index (χ0n) is 37.8. The standard InChI is InChI=1S/C49H94O9/c1-4-6-7-8-9-10-11-12-13-14-15-16-17-18-19-20-21-24-28-31-34-37-43(52)45(53)41(39-57-49-48(56)47(55)46(54)44(38-50)58-49)42(51)36-33-30-27-25-22-23-26-29-32-35-40(3)5-2/h33,36,40-44,46-52,54-56H,4-32,34-35,37-39H2,1-3H3/b36-33+/t40?,41-,42+,43+,44+,46-,47-,48+,49+/m0/s1. The van der Waals surface area contributed by atoms with Crippen LogP contribution in [0.25, 0.3) is 0 Å². The molecule has 6 N–H and O–H groups in total. The number of ether oxygens (including phenoxy) is 2. The van der Waals surface area contributed by atoms with Crippen molar-refractivity contribution in [3.63, 3.8) is 0 Å². The lowest BCUT2D eigenvalue weighted by molar-refractivity contribution is -0.303. The number of aliphatic hydroxyl groups excluding tert-OH is 6. The summed E-state index contributed by atoms with van der Waals surface area (Å²) in [5.41, 5.74) is 0. The second-order valence-corrected chi connectivity index (χ2v) is 17.9. The van der Waals surface area contributed by atoms with Crippen molar-refractivity contribution in [2.45, 2.75) is 269 Å². The van der Waals surface area contributed by atoms with E-state index in [1.807, 2.05) is 6.08 Å². The number of carbonyl (C=O) groups excluding carboxylic acids is 1. The lowest BCUT2D eigenvalue weighted by Gasteiger charge is -2.40. The third-order valence-corrected chi connectivity index (χ3v) is 12.6. The topological polar surface area (TPSA) is 157 Å². The summed E-state index contributed by atoms with van der Waals surface area (Å²) in [5, 5.41) is 62.3. The summed E-state index contributed by atoms with van der Waals surface area (Å²) >= 11 is 0. The van der Waals surface area contributed by atoms with Gasteiger partial charge in [-0.1, -0.05) is 219 Å². The normalized spacial score (nSPS) is 22.1. The van der Waals surface area contributed by atoms with Gasteiger partial charge in [0.2, 0.25) is 0 Å². The number of unbranched alkanes of at least 4 members (excludes halogenated alkanes) is 27. The largest absolute Gasteiger partial charge is 0.394 e. The molecule has 58 heavy (non-hydrogen) atoms. The van der Waals surface area contributed by atoms with E-state index in [4.69, 9.17) is 9.47 Å². The van der Waals surface area contributed by atoms with E-state index in [0.717, 1.165) is 44.4 Å². The van der Waals surface area contributed by atoms with Crippen molar-refractivity contribution in [3.8, 4) is 0 Å². The van der Waals surface area contributed by atoms with Crippen molar-refractivity contribution >= 4 is 5.78 Å². The summed E-state index contributed by atoms with van der Waals surface area (Å²) in [4.78, 5) is 13.5. The summed E-state index contributed by atoms with van der Waals surface area (Å²) < 4.78 is 11.1. The van der Waals surface area contributed by atoms with Crippen molar-refractivity contribution in [2.75, 3.05) is 13.2 Å². The lowest BCUT2D eigenvalue weighted by atomic mass is 9.91. The molecule has 1 aliphatic heterocycles. The van der Waals surface area contributed by atoms with E-state index in [0.29, 0.717) is 12.8 Å². The van der Waals surface area contributed by atoms with Crippen LogP contribution in [-0.2, 0) is 14.3 Å². The second-order valence-electron chi connectivity index (χ2n) is 17.9. The first-order valence-corrected chi connectivity index (χ1v) is 24.7. The van der Waals surface area contributed by atoms with Crippen molar-refractivity contribution in [3.05, 3.63) is 12.2 Å². The Bertz CT molecular complexity index is 945. The molecule has 0 aliphatic carbocycles. The van der Waals surface area contributed by atoms with E-state index in [9.17, 15) is 35.4 Å². The van der Waals surface area contributed by atoms with Crippen LogP contribution in [0.1, 0.15) is 226 Å². The van der Waals surface area contributed by atoms with Crippen LogP contribution >= 0.6 is 0 Å². The van der Waals surface area contributed by atoms with Gasteiger partial charge < -0.3 is 40.1 Å². The lowest BCUT2D eigenvalue weighted by Crippen LogP contribution is -2.59. The summed E-state index contributed by atoms with van der Waals surface area (Å²) in [5.74, 6) is -0.843. The Hall–Kier alpha value is -0.910. The Kier molecular flexibility index (Phi) is 35.9. The molecule has 1 fully saturated rings. The molecule has 0 radical (unpaired) electrons. The van der Waals surface area contributed by atoms with Crippen molar-refractivity contribution < 1.29 is 44.9 Å². The molecule has 1 heterocycles. The molecule has 0 spiro atoms. The van der Waals surface area contributed by atoms with E-state index >= 15 is 0 Å². The molecule has 9 atom stereocenters. The third kappa shape index (κ3) is 27.1. The molecule has 1 unspecified atom stereocenters. The van der Waals surface area contributed by atoms with E-state index in [2.05, 4.69) is 20.8 Å². The number of rotatable bonds is 41. The molecular weight excluding hydrogens is 733 g/mol. The molecule has 0 bridgehead atoms. The number of allylic oxidation sites excluding steroid dienone is 1. The van der Waals surface area contributed by atoms with Crippen LogP contribution in [0.2, 0.25) is 0 Å². The van der Waals surface area contributed by atoms with Gasteiger partial charge in [0.25, 0.3) is 0 Å². The van der Waals surface area contributed by atoms with Gasteiger partial charge in [-0.25, -0.2) is 0 Å². The summed E-state index contributed by atoms with van der Waals surface area (Å²) in [6, 6.07) is 0. The first-order chi connectivity index (χ1) is 28.2. The van der Waals surface area contributed by atoms with Crippen LogP contribution in [0, 0.1) is 11.8 Å². The van der Waals surface area contributed by atoms with Crippen LogP contribution in [-0.4, -0.2) is 92.5 Å². The Balaban J connectivity index is 2.35. The SMILES string of the molecule is CCCCCCCCCCCCCCCCCCCCCCC[C@@H](O)C(=O)[C@@H](CO[C@@H]1O[C@H](CO)[C@H](O)[C@H](O)[C@H]1O)[C@H](O)/C=C/CCCCCCCCCC(C)CC. The van der Waals surface area contributed by atoms with E-state index < -0.39 is 61.2 Å². The van der Waals surface area contributed by atoms with Gasteiger partial charge in [-0.3, -0.25) is 4.79 Å². The first-order valence-electron chi connectivity index (χ1n) is 24.7. The maximum atomic E-state index is 13.5. The Morgan fingerprint density at radius 1 is 0.603 bits per heavy atom. The number of Topliss-reactive ketones (excluding diaryl/α,β-unsaturated/α-hetero) is 1. The van der Waals surface area contributed by atoms with Gasteiger partial charge in [-0.2, -0.15) is 0 Å². The van der Waals surface area contributed by atoms with Crippen LogP contribution in [0.4, 0.5) is 0 Å². The van der Waals surface area contributed by atoms with Crippen LogP contribution in [0.5, 0.6) is 0 Å². The molecule has 344 valence electrons. The fourth-order valence-corrected chi connectivity index (χ4v) is 8.12. The summed E-state index contributed by atoms with van der Waals surface area (Å²) in [7, 11) is 0. The smallest absolute Gasteiger partial charge is 0.186 e. The second kappa shape index (κ2) is 37.8. The molecule has 9 heteroatoms. The van der Waals surface area contributed by atoms with E-state index in [1.54, 1.807) is 6.08 Å². The highest BCUT2D eigenvalue weighted by Gasteiger charge is 2.44. The fraction of sp³-hybridized carbons (Fsp3) is 0.939.